The van der Waals surface area contributed by atoms with Gasteiger partial charge in [0, 0.05) is 11.5 Å². The molecule has 0 saturated carbocycles. The molecule has 130 valence electrons. The Kier molecular flexibility index (Phi) is 3.74. The van der Waals surface area contributed by atoms with Crippen molar-refractivity contribution in [2.24, 2.45) is 5.92 Å². The van der Waals surface area contributed by atoms with Crippen LogP contribution in [-0.2, 0) is 4.52 Å². The molecular weight excluding hydrogens is 341 g/mol. The van der Waals surface area contributed by atoms with Gasteiger partial charge in [-0.25, -0.2) is 4.67 Å². The second-order valence-electron chi connectivity index (χ2n) is 6.95. The van der Waals surface area contributed by atoms with Crippen molar-refractivity contribution in [2.45, 2.75) is 5.92 Å². The lowest BCUT2D eigenvalue weighted by Crippen LogP contribution is -2.20. The van der Waals surface area contributed by atoms with Crippen molar-refractivity contribution < 1.29 is 9.05 Å². The lowest BCUT2D eigenvalue weighted by atomic mass is 9.74. The van der Waals surface area contributed by atoms with Gasteiger partial charge in [0.05, 0.1) is 5.92 Å². The number of rotatable bonds is 1. The molecule has 0 aromatic heterocycles. The Labute approximate surface area is 154 Å². The lowest BCUT2D eigenvalue weighted by molar-refractivity contribution is 0.337. The first kappa shape index (κ1) is 15.9. The maximum atomic E-state index is 6.38. The van der Waals surface area contributed by atoms with Gasteiger partial charge in [0.1, 0.15) is 11.5 Å². The number of benzene rings is 2. The van der Waals surface area contributed by atoms with E-state index in [9.17, 15) is 0 Å². The van der Waals surface area contributed by atoms with Gasteiger partial charge in [-0.3, -0.25) is 0 Å². The summed E-state index contributed by atoms with van der Waals surface area (Å²) in [5.41, 5.74) is 2.55. The summed E-state index contributed by atoms with van der Waals surface area (Å²) in [6.45, 7) is 0. The fourth-order valence-corrected chi connectivity index (χ4v) is 4.99. The molecule has 0 fully saturated rings. The average Bonchev–Trinajstić information content (AvgIpc) is 2.85. The van der Waals surface area contributed by atoms with E-state index in [1.54, 1.807) is 0 Å². The number of hydrogen-bond donors (Lipinski definition) is 0. The molecule has 0 amide bonds. The van der Waals surface area contributed by atoms with Crippen LogP contribution in [0.4, 0.5) is 0 Å². The maximum absolute atomic E-state index is 6.38. The van der Waals surface area contributed by atoms with Crippen LogP contribution in [0, 0.1) is 5.92 Å². The van der Waals surface area contributed by atoms with Gasteiger partial charge in [-0.2, -0.15) is 0 Å². The highest BCUT2D eigenvalue weighted by Crippen LogP contribution is 2.57. The van der Waals surface area contributed by atoms with E-state index in [4.69, 9.17) is 9.05 Å². The molecule has 3 nitrogen and oxygen atoms in total. The summed E-state index contributed by atoms with van der Waals surface area (Å²) in [6.07, 6.45) is 13.0. The monoisotopic (exact) mass is 361 g/mol. The highest BCUT2D eigenvalue weighted by molar-refractivity contribution is 7.45. The summed E-state index contributed by atoms with van der Waals surface area (Å²) in [6, 6.07) is 12.8. The molecule has 2 aromatic carbocycles. The fourth-order valence-electron chi connectivity index (χ4n) is 3.94. The summed E-state index contributed by atoms with van der Waals surface area (Å²) >= 11 is 0. The molecule has 0 radical (unpaired) electrons. The fraction of sp³-hybridized carbons (Fsp3) is 0.182. The van der Waals surface area contributed by atoms with E-state index in [0.29, 0.717) is 0 Å². The smallest absolute Gasteiger partial charge is 0.383 e. The number of nitrogens with zero attached hydrogens (tertiary/aromatic N) is 1. The molecule has 0 N–H and O–H groups in total. The number of hydrogen-bond acceptors (Lipinski definition) is 3. The second-order valence-corrected chi connectivity index (χ2v) is 8.59. The van der Waals surface area contributed by atoms with E-state index >= 15 is 0 Å². The molecule has 4 heteroatoms. The molecule has 2 unspecified atom stereocenters. The predicted octanol–water partition coefficient (Wildman–Crippen LogP) is 5.69. The van der Waals surface area contributed by atoms with Crippen LogP contribution in [0.2, 0.25) is 0 Å². The molecule has 0 saturated heterocycles. The highest BCUT2D eigenvalue weighted by Gasteiger charge is 2.39. The molecule has 3 aliphatic rings. The Hall–Kier alpha value is -2.35. The molecule has 0 spiro atoms. The average molecular weight is 361 g/mol. The van der Waals surface area contributed by atoms with Gasteiger partial charge in [0.15, 0.2) is 0 Å². The van der Waals surface area contributed by atoms with Crippen molar-refractivity contribution in [2.75, 3.05) is 14.1 Å². The second kappa shape index (κ2) is 6.12. The topological polar surface area (TPSA) is 21.7 Å². The Morgan fingerprint density at radius 1 is 0.962 bits per heavy atom. The first-order valence-corrected chi connectivity index (χ1v) is 9.97. The van der Waals surface area contributed by atoms with Crippen LogP contribution in [0.5, 0.6) is 5.75 Å². The maximum Gasteiger partial charge on any atom is 0.383 e. The molecule has 1 heterocycles. The van der Waals surface area contributed by atoms with E-state index in [-0.39, 0.29) is 11.8 Å². The van der Waals surface area contributed by atoms with Crippen LogP contribution in [-0.4, -0.2) is 18.8 Å². The van der Waals surface area contributed by atoms with E-state index in [1.807, 2.05) is 18.8 Å². The van der Waals surface area contributed by atoms with E-state index < -0.39 is 8.53 Å². The summed E-state index contributed by atoms with van der Waals surface area (Å²) in [4.78, 5) is 0. The summed E-state index contributed by atoms with van der Waals surface area (Å²) in [7, 11) is 2.83. The Balaban J connectivity index is 1.78. The van der Waals surface area contributed by atoms with Crippen LogP contribution in [0.3, 0.4) is 0 Å². The zero-order valence-electron chi connectivity index (χ0n) is 14.8. The largest absolute Gasteiger partial charge is 0.431 e. The molecular formula is C22H20NO2P. The first-order chi connectivity index (χ1) is 12.7. The minimum atomic E-state index is -1.17. The van der Waals surface area contributed by atoms with Crippen molar-refractivity contribution in [3.8, 4) is 5.75 Å². The third-order valence-corrected chi connectivity index (χ3v) is 6.51. The summed E-state index contributed by atoms with van der Waals surface area (Å²) < 4.78 is 14.8. The third kappa shape index (κ3) is 2.43. The first-order valence-electron chi connectivity index (χ1n) is 8.84. The van der Waals surface area contributed by atoms with Crippen molar-refractivity contribution >= 4 is 19.3 Å². The van der Waals surface area contributed by atoms with E-state index in [2.05, 4.69) is 72.9 Å². The third-order valence-electron chi connectivity index (χ3n) is 5.14. The van der Waals surface area contributed by atoms with Crippen molar-refractivity contribution in [1.29, 1.82) is 0 Å². The molecule has 2 aliphatic carbocycles. The highest BCUT2D eigenvalue weighted by atomic mass is 31.2. The minimum absolute atomic E-state index is 0.129. The summed E-state index contributed by atoms with van der Waals surface area (Å²) in [5.74, 6) is 2.32. The van der Waals surface area contributed by atoms with Crippen LogP contribution in [0.1, 0.15) is 11.5 Å². The quantitative estimate of drug-likeness (QED) is 0.609. The van der Waals surface area contributed by atoms with Gasteiger partial charge >= 0.3 is 8.53 Å². The van der Waals surface area contributed by atoms with Crippen LogP contribution in [0.15, 0.2) is 84.2 Å². The Morgan fingerprint density at radius 3 is 2.73 bits per heavy atom. The summed E-state index contributed by atoms with van der Waals surface area (Å²) in [5, 5.41) is 2.47. The van der Waals surface area contributed by atoms with Crippen LogP contribution < -0.4 is 4.52 Å². The zero-order chi connectivity index (χ0) is 17.7. The van der Waals surface area contributed by atoms with Gasteiger partial charge in [-0.05, 0) is 42.6 Å². The molecule has 1 aliphatic heterocycles. The van der Waals surface area contributed by atoms with Crippen molar-refractivity contribution in [3.63, 3.8) is 0 Å². The van der Waals surface area contributed by atoms with E-state index in [0.717, 1.165) is 11.5 Å². The SMILES string of the molecule is CN(C)P1OC2=CC=C3C=CC=CC3[C@H]2c2c(ccc3ccccc23)O1. The van der Waals surface area contributed by atoms with Crippen LogP contribution in [0.25, 0.3) is 10.8 Å². The van der Waals surface area contributed by atoms with Gasteiger partial charge in [0.2, 0.25) is 0 Å². The molecule has 0 bridgehead atoms. The van der Waals surface area contributed by atoms with Crippen LogP contribution >= 0.6 is 8.53 Å². The molecule has 2 aromatic rings. The standard InChI is InChI=1S/C22H20NO2P/c1-23(2)26-24-19-13-11-15-7-3-5-9-17(15)21(19)22-18-10-6-4-8-16(18)12-14-20(22)25-26/h3-14,17,21H,1-2H3/t17?,21-,26?/m1/s1. The molecule has 26 heavy (non-hydrogen) atoms. The minimum Gasteiger partial charge on any atom is -0.431 e. The van der Waals surface area contributed by atoms with Gasteiger partial charge in [0.25, 0.3) is 0 Å². The number of fused-ring (bicyclic) bond motifs is 7. The Morgan fingerprint density at radius 2 is 1.85 bits per heavy atom. The molecule has 5 rings (SSSR count). The lowest BCUT2D eigenvalue weighted by Gasteiger charge is -2.31. The normalized spacial score (nSPS) is 26.0. The van der Waals surface area contributed by atoms with Crippen molar-refractivity contribution in [3.05, 3.63) is 89.8 Å². The molecule has 3 atom stereocenters. The number of allylic oxidation sites excluding steroid dienone is 8. The zero-order valence-corrected chi connectivity index (χ0v) is 15.7. The van der Waals surface area contributed by atoms with Gasteiger partial charge < -0.3 is 9.05 Å². The van der Waals surface area contributed by atoms with Crippen molar-refractivity contribution in [1.82, 2.24) is 4.67 Å². The Bertz CT molecular complexity index is 1000. The van der Waals surface area contributed by atoms with Gasteiger partial charge in [-0.1, -0.05) is 60.7 Å². The predicted molar refractivity (Wildman–Crippen MR) is 107 cm³/mol. The van der Waals surface area contributed by atoms with Gasteiger partial charge in [-0.15, -0.1) is 0 Å². The van der Waals surface area contributed by atoms with E-state index in [1.165, 1.54) is 21.9 Å².